The predicted octanol–water partition coefficient (Wildman–Crippen LogP) is 4.16. The summed E-state index contributed by atoms with van der Waals surface area (Å²) >= 11 is 5.94. The molecule has 39 heavy (non-hydrogen) atoms. The van der Waals surface area contributed by atoms with E-state index in [0.717, 1.165) is 0 Å². The first kappa shape index (κ1) is 28.2. The molecule has 0 unspecified atom stereocenters. The van der Waals surface area contributed by atoms with Crippen molar-refractivity contribution < 1.29 is 38.2 Å². The molecular weight excluding hydrogens is 526 g/mol. The van der Waals surface area contributed by atoms with E-state index in [1.807, 2.05) is 0 Å². The Balaban J connectivity index is 1.78. The molecule has 0 N–H and O–H groups in total. The molecule has 2 aliphatic rings. The number of nitrogens with zero attached hydrogens (tertiary/aromatic N) is 1. The van der Waals surface area contributed by atoms with Crippen LogP contribution in [0.15, 0.2) is 54.6 Å². The topological polar surface area (TPSA) is 116 Å². The molecule has 1 amide bonds. The molecule has 10 heteroatoms. The molecule has 0 spiro atoms. The Morgan fingerprint density at radius 1 is 0.949 bits per heavy atom. The lowest BCUT2D eigenvalue weighted by Gasteiger charge is -2.47. The first-order chi connectivity index (χ1) is 18.5. The number of anilines is 1. The number of allylic oxidation sites excluding steroid dienone is 1. The molecule has 0 aliphatic carbocycles. The van der Waals surface area contributed by atoms with Gasteiger partial charge in [-0.1, -0.05) is 29.8 Å². The first-order valence-corrected chi connectivity index (χ1v) is 12.8. The van der Waals surface area contributed by atoms with Gasteiger partial charge in [0.05, 0.1) is 17.4 Å². The van der Waals surface area contributed by atoms with Gasteiger partial charge in [-0.3, -0.25) is 24.1 Å². The van der Waals surface area contributed by atoms with Crippen LogP contribution in [0.1, 0.15) is 50.0 Å². The number of carbonyl (C=O) groups is 5. The van der Waals surface area contributed by atoms with Crippen molar-refractivity contribution >= 4 is 52.3 Å². The van der Waals surface area contributed by atoms with Gasteiger partial charge in [0.1, 0.15) is 11.9 Å². The van der Waals surface area contributed by atoms with Crippen LogP contribution in [0.4, 0.5) is 5.69 Å². The third-order valence-electron chi connectivity index (χ3n) is 6.67. The van der Waals surface area contributed by atoms with Gasteiger partial charge < -0.3 is 19.0 Å². The fourth-order valence-electron chi connectivity index (χ4n) is 5.04. The van der Waals surface area contributed by atoms with E-state index in [1.165, 1.54) is 31.7 Å². The number of fused-ring (bicyclic) bond motifs is 1. The van der Waals surface area contributed by atoms with Crippen molar-refractivity contribution in [2.45, 2.75) is 58.7 Å². The van der Waals surface area contributed by atoms with E-state index in [1.54, 1.807) is 55.5 Å². The van der Waals surface area contributed by atoms with Crippen molar-refractivity contribution in [2.24, 2.45) is 5.92 Å². The summed E-state index contributed by atoms with van der Waals surface area (Å²) in [6, 6.07) is 13.1. The largest absolute Gasteiger partial charge is 0.458 e. The maximum absolute atomic E-state index is 13.9. The Kier molecular flexibility index (Phi) is 8.32. The minimum absolute atomic E-state index is 0.00881. The third-order valence-corrected chi connectivity index (χ3v) is 6.92. The van der Waals surface area contributed by atoms with Gasteiger partial charge >= 0.3 is 11.9 Å². The Bertz CT molecular complexity index is 1350. The van der Waals surface area contributed by atoms with Gasteiger partial charge in [-0.2, -0.15) is 0 Å². The van der Waals surface area contributed by atoms with E-state index in [4.69, 9.17) is 25.8 Å². The molecule has 2 aromatic carbocycles. The number of ether oxygens (including phenoxy) is 3. The van der Waals surface area contributed by atoms with Crippen LogP contribution in [0.2, 0.25) is 5.02 Å². The van der Waals surface area contributed by atoms with Crippen LogP contribution in [0.25, 0.3) is 5.57 Å². The summed E-state index contributed by atoms with van der Waals surface area (Å²) in [6.07, 6.45) is -2.91. The first-order valence-electron chi connectivity index (χ1n) is 12.4. The number of halogens is 1. The molecule has 0 aromatic heterocycles. The van der Waals surface area contributed by atoms with Gasteiger partial charge in [-0.05, 0) is 50.3 Å². The summed E-state index contributed by atoms with van der Waals surface area (Å²) in [4.78, 5) is 64.6. The van der Waals surface area contributed by atoms with Crippen LogP contribution in [-0.2, 0) is 33.4 Å². The third kappa shape index (κ3) is 5.94. The van der Waals surface area contributed by atoms with Gasteiger partial charge in [-0.15, -0.1) is 0 Å². The molecule has 4 rings (SSSR count). The van der Waals surface area contributed by atoms with Gasteiger partial charge in [0.15, 0.2) is 18.1 Å². The standard InChI is InChI=1S/C29H28ClNO8/c1-15(32)13-22-16(2)37-29(27(39-18(4)34)26(22)38-17(3)33)31-24-8-6-5-7-21(24)23(28(31)36)14-25(35)19-9-11-20(30)12-10-19/h5-12,14,16,22,26-27,29H,13H2,1-4H3/b23-14+/t16-,22-,26+,27+,29-/m0/s1. The summed E-state index contributed by atoms with van der Waals surface area (Å²) in [5.41, 5.74) is 1.38. The summed E-state index contributed by atoms with van der Waals surface area (Å²) in [5.74, 6) is -3.07. The minimum Gasteiger partial charge on any atom is -0.458 e. The van der Waals surface area contributed by atoms with Crippen molar-refractivity contribution in [2.75, 3.05) is 4.90 Å². The Morgan fingerprint density at radius 3 is 2.18 bits per heavy atom. The average Bonchev–Trinajstić information content (AvgIpc) is 3.13. The second-order valence-electron chi connectivity index (χ2n) is 9.57. The Morgan fingerprint density at radius 2 is 1.56 bits per heavy atom. The smallest absolute Gasteiger partial charge is 0.303 e. The normalized spacial score (nSPS) is 25.3. The number of para-hydroxylation sites is 1. The molecule has 0 saturated carbocycles. The number of ketones is 2. The SMILES string of the molecule is CC(=O)C[C@@H]1[C@@H](OC(C)=O)[C@@H](OC(C)=O)[C@@H](N2C(=O)/C(=C/C(=O)c3ccc(Cl)cc3)c3ccccc32)O[C@H]1C. The highest BCUT2D eigenvalue weighted by molar-refractivity contribution is 6.36. The lowest BCUT2D eigenvalue weighted by atomic mass is 9.84. The van der Waals surface area contributed by atoms with Gasteiger partial charge in [-0.25, -0.2) is 0 Å². The van der Waals surface area contributed by atoms with Gasteiger partial charge in [0.2, 0.25) is 0 Å². The van der Waals surface area contributed by atoms with E-state index in [2.05, 4.69) is 0 Å². The van der Waals surface area contributed by atoms with Crippen LogP contribution in [0.3, 0.4) is 0 Å². The molecule has 9 nitrogen and oxygen atoms in total. The molecule has 2 aromatic rings. The number of esters is 2. The van der Waals surface area contributed by atoms with Crippen LogP contribution < -0.4 is 4.90 Å². The second-order valence-corrected chi connectivity index (χ2v) is 10.0. The molecule has 2 heterocycles. The number of hydrogen-bond donors (Lipinski definition) is 0. The number of rotatable bonds is 7. The molecule has 204 valence electrons. The monoisotopic (exact) mass is 553 g/mol. The minimum atomic E-state index is -1.24. The Hall–Kier alpha value is -3.82. The van der Waals surface area contributed by atoms with E-state index < -0.39 is 54.1 Å². The van der Waals surface area contributed by atoms with E-state index >= 15 is 0 Å². The van der Waals surface area contributed by atoms with Crippen molar-refractivity contribution in [3.63, 3.8) is 0 Å². The molecule has 0 radical (unpaired) electrons. The molecule has 5 atom stereocenters. The molecule has 0 bridgehead atoms. The zero-order chi connectivity index (χ0) is 28.4. The average molecular weight is 554 g/mol. The number of Topliss-reactive ketones (excluding diaryl/α,β-unsaturated/α-hetero) is 1. The van der Waals surface area contributed by atoms with Crippen molar-refractivity contribution in [3.8, 4) is 0 Å². The number of carbonyl (C=O) groups excluding carboxylic acids is 5. The lowest BCUT2D eigenvalue weighted by Crippen LogP contribution is -2.62. The maximum atomic E-state index is 13.9. The summed E-state index contributed by atoms with van der Waals surface area (Å²) < 4.78 is 17.4. The van der Waals surface area contributed by atoms with Crippen LogP contribution in [0.5, 0.6) is 0 Å². The second kappa shape index (κ2) is 11.5. The quantitative estimate of drug-likeness (QED) is 0.285. The summed E-state index contributed by atoms with van der Waals surface area (Å²) in [6.45, 7) is 5.51. The van der Waals surface area contributed by atoms with Crippen molar-refractivity contribution in [1.29, 1.82) is 0 Å². The highest BCUT2D eigenvalue weighted by Gasteiger charge is 2.53. The zero-order valence-corrected chi connectivity index (χ0v) is 22.6. The zero-order valence-electron chi connectivity index (χ0n) is 21.9. The summed E-state index contributed by atoms with van der Waals surface area (Å²) in [5, 5.41) is 0.471. The highest BCUT2D eigenvalue weighted by atomic mass is 35.5. The van der Waals surface area contributed by atoms with Gasteiger partial charge in [0, 0.05) is 42.3 Å². The molecule has 2 aliphatic heterocycles. The maximum Gasteiger partial charge on any atom is 0.303 e. The fraction of sp³-hybridized carbons (Fsp3) is 0.345. The van der Waals surface area contributed by atoms with Crippen LogP contribution in [0, 0.1) is 5.92 Å². The summed E-state index contributed by atoms with van der Waals surface area (Å²) in [7, 11) is 0. The fourth-order valence-corrected chi connectivity index (χ4v) is 5.17. The number of amides is 1. The predicted molar refractivity (Wildman–Crippen MR) is 142 cm³/mol. The molecular formula is C29H28ClNO8. The number of hydrogen-bond acceptors (Lipinski definition) is 8. The molecule has 1 saturated heterocycles. The lowest BCUT2D eigenvalue weighted by molar-refractivity contribution is -0.222. The number of benzene rings is 2. The van der Waals surface area contributed by atoms with Crippen molar-refractivity contribution in [1.82, 2.24) is 0 Å². The van der Waals surface area contributed by atoms with E-state index in [0.29, 0.717) is 21.8 Å². The van der Waals surface area contributed by atoms with E-state index in [-0.39, 0.29) is 17.8 Å². The van der Waals surface area contributed by atoms with E-state index in [9.17, 15) is 24.0 Å². The van der Waals surface area contributed by atoms with Crippen LogP contribution >= 0.6 is 11.6 Å². The highest BCUT2D eigenvalue weighted by Crippen LogP contribution is 2.43. The van der Waals surface area contributed by atoms with Crippen LogP contribution in [-0.4, -0.2) is 54.0 Å². The Labute approximate surface area is 230 Å². The molecule has 1 fully saturated rings. The van der Waals surface area contributed by atoms with Gasteiger partial charge in [0.25, 0.3) is 5.91 Å². The van der Waals surface area contributed by atoms with Crippen molar-refractivity contribution in [3.05, 3.63) is 70.8 Å².